The Labute approximate surface area is 155 Å². The molecule has 2 aromatic rings. The van der Waals surface area contributed by atoms with Gasteiger partial charge in [-0.3, -0.25) is 9.59 Å². The first kappa shape index (κ1) is 18.9. The van der Waals surface area contributed by atoms with E-state index in [9.17, 15) is 9.59 Å². The molecule has 0 spiro atoms. The van der Waals surface area contributed by atoms with Crippen LogP contribution in [0.15, 0.2) is 64.2 Å². The Morgan fingerprint density at radius 2 is 1.72 bits per heavy atom. The molecule has 0 bridgehead atoms. The average molecular weight is 402 g/mol. The first-order chi connectivity index (χ1) is 12.0. The van der Waals surface area contributed by atoms with E-state index in [-0.39, 0.29) is 18.2 Å². The minimum atomic E-state index is -0.309. The van der Waals surface area contributed by atoms with Crippen molar-refractivity contribution in [3.05, 3.63) is 70.2 Å². The zero-order chi connectivity index (χ0) is 18.1. The number of hydrazone groups is 1. The Bertz CT molecular complexity index is 743. The Kier molecular flexibility index (Phi) is 7.35. The number of rotatable bonds is 7. The van der Waals surface area contributed by atoms with Crippen LogP contribution < -0.4 is 10.7 Å². The maximum Gasteiger partial charge on any atom is 0.271 e. The number of nitrogens with zero attached hydrogens (tertiary/aromatic N) is 1. The summed E-state index contributed by atoms with van der Waals surface area (Å²) in [6, 6.07) is 16.9. The highest BCUT2D eigenvalue weighted by molar-refractivity contribution is 9.10. The maximum absolute atomic E-state index is 11.9. The highest BCUT2D eigenvalue weighted by Crippen LogP contribution is 2.10. The molecule has 0 aliphatic rings. The number of halogens is 1. The van der Waals surface area contributed by atoms with E-state index >= 15 is 0 Å². The van der Waals surface area contributed by atoms with E-state index in [2.05, 4.69) is 31.8 Å². The summed E-state index contributed by atoms with van der Waals surface area (Å²) < 4.78 is 0.899. The summed E-state index contributed by atoms with van der Waals surface area (Å²) in [6.07, 6.45) is 0.929. The zero-order valence-corrected chi connectivity index (χ0v) is 15.5. The molecule has 0 aliphatic heterocycles. The van der Waals surface area contributed by atoms with Gasteiger partial charge in [0.2, 0.25) is 5.91 Å². The van der Waals surface area contributed by atoms with Gasteiger partial charge in [0.05, 0.1) is 6.42 Å². The van der Waals surface area contributed by atoms with Gasteiger partial charge in [-0.2, -0.15) is 5.10 Å². The smallest absolute Gasteiger partial charge is 0.271 e. The third-order valence-electron chi connectivity index (χ3n) is 3.45. The van der Waals surface area contributed by atoms with Crippen LogP contribution in [0.25, 0.3) is 0 Å². The van der Waals surface area contributed by atoms with Gasteiger partial charge in [0.25, 0.3) is 5.91 Å². The third-order valence-corrected chi connectivity index (χ3v) is 3.98. The van der Waals surface area contributed by atoms with E-state index in [4.69, 9.17) is 0 Å². The normalized spacial score (nSPS) is 11.0. The molecule has 0 fully saturated rings. The summed E-state index contributed by atoms with van der Waals surface area (Å²) in [6.45, 7) is 2.28. The Hall–Kier alpha value is -2.47. The molecule has 0 saturated carbocycles. The van der Waals surface area contributed by atoms with Gasteiger partial charge in [-0.1, -0.05) is 46.3 Å². The summed E-state index contributed by atoms with van der Waals surface area (Å²) in [5.74, 6) is -0.425. The van der Waals surface area contributed by atoms with Gasteiger partial charge in [0, 0.05) is 22.3 Å². The van der Waals surface area contributed by atoms with Gasteiger partial charge >= 0.3 is 0 Å². The van der Waals surface area contributed by atoms with Gasteiger partial charge in [-0.25, -0.2) is 5.43 Å². The van der Waals surface area contributed by atoms with Gasteiger partial charge in [0.1, 0.15) is 0 Å². The topological polar surface area (TPSA) is 70.6 Å². The Balaban J connectivity index is 1.73. The molecule has 2 amide bonds. The minimum Gasteiger partial charge on any atom is -0.355 e. The van der Waals surface area contributed by atoms with Crippen LogP contribution in [0, 0.1) is 0 Å². The lowest BCUT2D eigenvalue weighted by molar-refractivity contribution is -0.119. The number of hydrogen-bond acceptors (Lipinski definition) is 3. The molecule has 130 valence electrons. The Morgan fingerprint density at radius 3 is 2.40 bits per heavy atom. The molecular formula is C19H20BrN3O2. The quantitative estimate of drug-likeness (QED) is 0.551. The first-order valence-electron chi connectivity index (χ1n) is 7.94. The van der Waals surface area contributed by atoms with E-state index in [1.807, 2.05) is 30.3 Å². The molecule has 0 atom stereocenters. The second kappa shape index (κ2) is 9.74. The molecule has 0 unspecified atom stereocenters. The van der Waals surface area contributed by atoms with Crippen molar-refractivity contribution >= 4 is 33.5 Å². The molecule has 0 aromatic heterocycles. The molecule has 0 radical (unpaired) electrons. The number of amides is 2. The monoisotopic (exact) mass is 401 g/mol. The van der Waals surface area contributed by atoms with Crippen LogP contribution in [0.3, 0.4) is 0 Å². The van der Waals surface area contributed by atoms with Crippen LogP contribution in [0.2, 0.25) is 0 Å². The van der Waals surface area contributed by atoms with Crippen molar-refractivity contribution in [1.29, 1.82) is 0 Å². The number of nitrogens with one attached hydrogen (secondary N) is 2. The SMILES string of the molecule is C/C(CC(=O)NCCc1ccccc1)=N/NC(=O)c1ccc(Br)cc1. The molecule has 2 rings (SSSR count). The number of benzene rings is 2. The van der Waals surface area contributed by atoms with Gasteiger partial charge in [-0.05, 0) is 43.2 Å². The minimum absolute atomic E-state index is 0.116. The van der Waals surface area contributed by atoms with Crippen LogP contribution >= 0.6 is 15.9 Å². The van der Waals surface area contributed by atoms with E-state index in [0.717, 1.165) is 10.9 Å². The van der Waals surface area contributed by atoms with Gasteiger partial charge in [0.15, 0.2) is 0 Å². The van der Waals surface area contributed by atoms with Crippen molar-refractivity contribution < 1.29 is 9.59 Å². The van der Waals surface area contributed by atoms with Crippen LogP contribution in [0.5, 0.6) is 0 Å². The summed E-state index contributed by atoms with van der Waals surface area (Å²) in [5.41, 5.74) is 4.69. The standard InChI is InChI=1S/C19H20BrN3O2/c1-14(22-23-19(25)16-7-9-17(20)10-8-16)13-18(24)21-12-11-15-5-3-2-4-6-15/h2-10H,11-13H2,1H3,(H,21,24)(H,23,25)/b22-14-. The van der Waals surface area contributed by atoms with E-state index < -0.39 is 0 Å². The highest BCUT2D eigenvalue weighted by Gasteiger charge is 2.06. The second-order valence-electron chi connectivity index (χ2n) is 5.56. The zero-order valence-electron chi connectivity index (χ0n) is 14.0. The number of carbonyl (C=O) groups is 2. The van der Waals surface area contributed by atoms with E-state index in [1.165, 1.54) is 5.56 Å². The Morgan fingerprint density at radius 1 is 1.04 bits per heavy atom. The summed E-state index contributed by atoms with van der Waals surface area (Å²) in [4.78, 5) is 23.8. The van der Waals surface area contributed by atoms with Crippen LogP contribution in [0.1, 0.15) is 29.3 Å². The fraction of sp³-hybridized carbons (Fsp3) is 0.211. The van der Waals surface area contributed by atoms with Crippen LogP contribution in [-0.4, -0.2) is 24.1 Å². The van der Waals surface area contributed by atoms with Crippen molar-refractivity contribution in [3.8, 4) is 0 Å². The predicted molar refractivity (Wildman–Crippen MR) is 102 cm³/mol. The fourth-order valence-corrected chi connectivity index (χ4v) is 2.40. The number of hydrogen-bond donors (Lipinski definition) is 2. The molecule has 0 heterocycles. The average Bonchev–Trinajstić information content (AvgIpc) is 2.61. The molecule has 2 N–H and O–H groups in total. The van der Waals surface area contributed by atoms with Gasteiger partial charge < -0.3 is 5.32 Å². The summed E-state index contributed by atoms with van der Waals surface area (Å²) in [5, 5.41) is 6.82. The molecule has 2 aromatic carbocycles. The van der Waals surface area contributed by atoms with Crippen LogP contribution in [-0.2, 0) is 11.2 Å². The first-order valence-corrected chi connectivity index (χ1v) is 8.73. The maximum atomic E-state index is 11.9. The fourth-order valence-electron chi connectivity index (χ4n) is 2.14. The molecular weight excluding hydrogens is 382 g/mol. The molecule has 6 heteroatoms. The lowest BCUT2D eigenvalue weighted by atomic mass is 10.1. The van der Waals surface area contributed by atoms with E-state index in [0.29, 0.717) is 17.8 Å². The van der Waals surface area contributed by atoms with Crippen molar-refractivity contribution in [1.82, 2.24) is 10.7 Å². The summed E-state index contributed by atoms with van der Waals surface area (Å²) >= 11 is 3.32. The lowest BCUT2D eigenvalue weighted by Crippen LogP contribution is -2.28. The van der Waals surface area contributed by atoms with Crippen molar-refractivity contribution in [3.63, 3.8) is 0 Å². The van der Waals surface area contributed by atoms with Crippen molar-refractivity contribution in [2.24, 2.45) is 5.10 Å². The predicted octanol–water partition coefficient (Wildman–Crippen LogP) is 3.30. The lowest BCUT2D eigenvalue weighted by Gasteiger charge is -2.06. The molecule has 0 saturated heterocycles. The second-order valence-corrected chi connectivity index (χ2v) is 6.47. The summed E-state index contributed by atoms with van der Waals surface area (Å²) in [7, 11) is 0. The van der Waals surface area contributed by atoms with Gasteiger partial charge in [-0.15, -0.1) is 0 Å². The molecule has 5 nitrogen and oxygen atoms in total. The molecule has 0 aliphatic carbocycles. The molecule has 25 heavy (non-hydrogen) atoms. The van der Waals surface area contributed by atoms with Crippen LogP contribution in [0.4, 0.5) is 0 Å². The largest absolute Gasteiger partial charge is 0.355 e. The van der Waals surface area contributed by atoms with Crippen molar-refractivity contribution in [2.45, 2.75) is 19.8 Å². The third kappa shape index (κ3) is 6.89. The highest BCUT2D eigenvalue weighted by atomic mass is 79.9. The van der Waals surface area contributed by atoms with E-state index in [1.54, 1.807) is 31.2 Å². The number of carbonyl (C=O) groups excluding carboxylic acids is 2. The van der Waals surface area contributed by atoms with Crippen molar-refractivity contribution in [2.75, 3.05) is 6.54 Å².